The number of halogens is 4. The molecule has 0 radical (unpaired) electrons. The van der Waals surface area contributed by atoms with E-state index in [1.165, 1.54) is 21.9 Å². The Bertz CT molecular complexity index is 1680. The predicted octanol–water partition coefficient (Wildman–Crippen LogP) is 10.4. The third-order valence-electron chi connectivity index (χ3n) is 6.83. The summed E-state index contributed by atoms with van der Waals surface area (Å²) in [5.74, 6) is -3.99. The van der Waals surface area contributed by atoms with Crippen LogP contribution in [0.5, 0.6) is 0 Å². The van der Waals surface area contributed by atoms with Gasteiger partial charge in [-0.05, 0) is 63.3 Å². The molecule has 9 heteroatoms. The van der Waals surface area contributed by atoms with Crippen LogP contribution in [0.15, 0.2) is 146 Å². The molecule has 0 saturated heterocycles. The van der Waals surface area contributed by atoms with Crippen LogP contribution < -0.4 is 9.80 Å². The second-order valence-corrected chi connectivity index (χ2v) is 11.2. The van der Waals surface area contributed by atoms with Gasteiger partial charge in [0.05, 0.1) is 0 Å². The van der Waals surface area contributed by atoms with Gasteiger partial charge >= 0.3 is 21.7 Å². The number of amides is 2. The van der Waals surface area contributed by atoms with Crippen LogP contribution in [-0.4, -0.2) is 23.9 Å². The summed E-state index contributed by atoms with van der Waals surface area (Å²) in [7, 11) is 0. The SMILES string of the molecule is CC(C)N(C(=O)c1ccccc1)c1ccc(F)[c-]c1F.CC(C)N(C(=O)c1ccccc1)c1ccc(F)[c-]c1F.[Ti+4].c1cc[cH-]c1.c1cc[cH-]c1. The predicted molar refractivity (Wildman–Crippen MR) is 191 cm³/mol. The molecule has 0 fully saturated rings. The molecule has 0 spiro atoms. The van der Waals surface area contributed by atoms with Gasteiger partial charge in [-0.15, -0.1) is 36.4 Å². The van der Waals surface area contributed by atoms with Gasteiger partial charge in [-0.25, -0.2) is 41.8 Å². The van der Waals surface area contributed by atoms with Crippen molar-refractivity contribution in [3.8, 4) is 0 Å². The summed E-state index contributed by atoms with van der Waals surface area (Å²) >= 11 is 0. The zero-order valence-electron chi connectivity index (χ0n) is 28.7. The fourth-order valence-electron chi connectivity index (χ4n) is 4.57. The fraction of sp³-hybridized carbons (Fsp3) is 0.143. The van der Waals surface area contributed by atoms with Gasteiger partial charge in [0.1, 0.15) is 0 Å². The van der Waals surface area contributed by atoms with Crippen LogP contribution in [0.1, 0.15) is 48.4 Å². The Morgan fingerprint density at radius 2 is 0.824 bits per heavy atom. The van der Waals surface area contributed by atoms with Crippen molar-refractivity contribution in [2.45, 2.75) is 39.8 Å². The molecule has 2 amide bonds. The average Bonchev–Trinajstić information content (AvgIpc) is 3.88. The average molecular weight is 727 g/mol. The van der Waals surface area contributed by atoms with Gasteiger partial charge in [0.2, 0.25) is 11.8 Å². The van der Waals surface area contributed by atoms with Crippen molar-refractivity contribution in [2.75, 3.05) is 9.80 Å². The molecule has 0 saturated carbocycles. The van der Waals surface area contributed by atoms with Gasteiger partial charge in [0, 0.05) is 46.5 Å². The van der Waals surface area contributed by atoms with E-state index >= 15 is 0 Å². The largest absolute Gasteiger partial charge is 4.00 e. The zero-order valence-corrected chi connectivity index (χ0v) is 30.3. The number of hydrogen-bond acceptors (Lipinski definition) is 2. The van der Waals surface area contributed by atoms with E-state index in [2.05, 4.69) is 0 Å². The summed E-state index contributed by atoms with van der Waals surface area (Å²) < 4.78 is 53.6. The van der Waals surface area contributed by atoms with Crippen LogP contribution in [0, 0.1) is 35.4 Å². The van der Waals surface area contributed by atoms with E-state index in [1.807, 2.05) is 72.8 Å². The fourth-order valence-corrected chi connectivity index (χ4v) is 4.57. The molecule has 0 bridgehead atoms. The molecule has 6 aromatic carbocycles. The third-order valence-corrected chi connectivity index (χ3v) is 6.83. The van der Waals surface area contributed by atoms with Crippen molar-refractivity contribution in [1.82, 2.24) is 0 Å². The Kier molecular flexibility index (Phi) is 18.1. The molecular weight excluding hydrogens is 688 g/mol. The summed E-state index contributed by atoms with van der Waals surface area (Å²) in [6.07, 6.45) is 0. The number of hydrogen-bond donors (Lipinski definition) is 0. The number of carbonyl (C=O) groups is 2. The second kappa shape index (κ2) is 21.9. The Balaban J connectivity index is 0.000000273. The van der Waals surface area contributed by atoms with E-state index in [0.717, 1.165) is 12.1 Å². The van der Waals surface area contributed by atoms with Gasteiger partial charge in [-0.1, -0.05) is 36.4 Å². The molecule has 0 N–H and O–H groups in total. The zero-order chi connectivity index (χ0) is 36.5. The first-order chi connectivity index (χ1) is 24.0. The Labute approximate surface area is 312 Å². The molecule has 0 aliphatic heterocycles. The van der Waals surface area contributed by atoms with Crippen LogP contribution in [0.2, 0.25) is 0 Å². The van der Waals surface area contributed by atoms with Crippen LogP contribution >= 0.6 is 0 Å². The molecule has 51 heavy (non-hydrogen) atoms. The van der Waals surface area contributed by atoms with Gasteiger partial charge in [0.15, 0.2) is 0 Å². The van der Waals surface area contributed by atoms with Gasteiger partial charge in [-0.2, -0.15) is 36.4 Å². The summed E-state index contributed by atoms with van der Waals surface area (Å²) in [6.45, 7) is 7.07. The number of nitrogens with zero attached hydrogens (tertiary/aromatic N) is 2. The van der Waals surface area contributed by atoms with Crippen LogP contribution in [0.4, 0.5) is 28.9 Å². The normalized spacial score (nSPS) is 9.92. The standard InChI is InChI=1S/2C16H14F2NO.2C5H5.Ti/c2*1-11(2)19(15-9-8-13(17)10-14(15)18)16(20)12-6-4-3-5-7-12;2*1-2-4-5-3-1;/h2*3-9,11H,1-2H3;2*1-5H;/q4*-1;+4. The Hall–Kier alpha value is -5.05. The minimum absolute atomic E-state index is 0. The first kappa shape index (κ1) is 42.1. The van der Waals surface area contributed by atoms with Gasteiger partial charge < -0.3 is 9.80 Å². The molecule has 0 heterocycles. The van der Waals surface area contributed by atoms with E-state index in [4.69, 9.17) is 0 Å². The molecule has 4 nitrogen and oxygen atoms in total. The molecule has 260 valence electrons. The molecular formula is C42H38F4N2O2Ti. The molecule has 0 aliphatic rings. The van der Waals surface area contributed by atoms with E-state index < -0.39 is 23.3 Å². The number of anilines is 2. The number of carbonyl (C=O) groups excluding carboxylic acids is 2. The second-order valence-electron chi connectivity index (χ2n) is 11.2. The third kappa shape index (κ3) is 13.3. The Morgan fingerprint density at radius 1 is 0.510 bits per heavy atom. The van der Waals surface area contributed by atoms with E-state index in [-0.39, 0.29) is 57.0 Å². The summed E-state index contributed by atoms with van der Waals surface area (Å²) in [5, 5.41) is 0. The van der Waals surface area contributed by atoms with Crippen molar-refractivity contribution in [1.29, 1.82) is 0 Å². The van der Waals surface area contributed by atoms with Crippen molar-refractivity contribution in [3.63, 3.8) is 0 Å². The first-order valence-electron chi connectivity index (χ1n) is 15.9. The van der Waals surface area contributed by atoms with Crippen LogP contribution in [-0.2, 0) is 21.7 Å². The van der Waals surface area contributed by atoms with E-state index in [9.17, 15) is 27.2 Å². The molecule has 0 unspecified atom stereocenters. The number of benzene rings is 4. The van der Waals surface area contributed by atoms with Crippen molar-refractivity contribution in [2.24, 2.45) is 0 Å². The molecule has 0 aromatic heterocycles. The summed E-state index contributed by atoms with van der Waals surface area (Å²) in [6, 6.07) is 45.2. The maximum Gasteiger partial charge on any atom is 4.00 e. The minimum atomic E-state index is -0.872. The maximum atomic E-state index is 13.8. The Morgan fingerprint density at radius 3 is 1.06 bits per heavy atom. The smallest absolute Gasteiger partial charge is 0.357 e. The molecule has 6 rings (SSSR count). The van der Waals surface area contributed by atoms with Crippen LogP contribution in [0.3, 0.4) is 0 Å². The molecule has 6 aromatic rings. The summed E-state index contributed by atoms with van der Waals surface area (Å²) in [4.78, 5) is 27.5. The van der Waals surface area contributed by atoms with Crippen molar-refractivity contribution < 1.29 is 48.9 Å². The van der Waals surface area contributed by atoms with Crippen LogP contribution in [0.25, 0.3) is 0 Å². The maximum absolute atomic E-state index is 13.8. The minimum Gasteiger partial charge on any atom is -0.357 e. The van der Waals surface area contributed by atoms with E-state index in [0.29, 0.717) is 11.1 Å². The van der Waals surface area contributed by atoms with Crippen molar-refractivity contribution >= 4 is 23.2 Å². The number of rotatable bonds is 6. The van der Waals surface area contributed by atoms with E-state index in [1.54, 1.807) is 88.4 Å². The van der Waals surface area contributed by atoms with Gasteiger partial charge in [0.25, 0.3) is 0 Å². The summed E-state index contributed by atoms with van der Waals surface area (Å²) in [5.41, 5.74) is 0.945. The van der Waals surface area contributed by atoms with Crippen molar-refractivity contribution in [3.05, 3.63) is 192 Å². The monoisotopic (exact) mass is 726 g/mol. The topological polar surface area (TPSA) is 40.6 Å². The molecule has 0 atom stereocenters. The quantitative estimate of drug-likeness (QED) is 0.0974. The molecule has 0 aliphatic carbocycles. The first-order valence-corrected chi connectivity index (χ1v) is 15.9. The van der Waals surface area contributed by atoms with Gasteiger partial charge in [-0.3, -0.25) is 9.59 Å².